The van der Waals surface area contributed by atoms with Crippen molar-refractivity contribution >= 4 is 27.8 Å². The molecular weight excluding hydrogens is 406 g/mol. The van der Waals surface area contributed by atoms with Crippen LogP contribution < -0.4 is 10.6 Å². The molecule has 0 radical (unpaired) electrons. The van der Waals surface area contributed by atoms with Crippen LogP contribution in [-0.4, -0.2) is 80.4 Å². The van der Waals surface area contributed by atoms with Gasteiger partial charge in [-0.05, 0) is 38.0 Å². The Labute approximate surface area is 178 Å². The van der Waals surface area contributed by atoms with Gasteiger partial charge < -0.3 is 10.6 Å². The normalized spacial score (nSPS) is 33.6. The summed E-state index contributed by atoms with van der Waals surface area (Å²) in [4.78, 5) is 31.5. The molecule has 166 valence electrons. The molecule has 1 saturated carbocycles. The molecule has 2 bridgehead atoms. The molecule has 0 aromatic heterocycles. The van der Waals surface area contributed by atoms with Gasteiger partial charge in [-0.3, -0.25) is 19.5 Å². The monoisotopic (exact) mass is 437 g/mol. The molecule has 2 aliphatic heterocycles. The zero-order valence-electron chi connectivity index (χ0n) is 17.6. The van der Waals surface area contributed by atoms with Gasteiger partial charge in [0.25, 0.3) is 0 Å². The van der Waals surface area contributed by atoms with E-state index in [1.165, 1.54) is 15.5 Å². The van der Waals surface area contributed by atoms with E-state index >= 15 is 0 Å². The molecule has 0 aromatic carbocycles. The highest BCUT2D eigenvalue weighted by Crippen LogP contribution is 2.52. The molecule has 2 aliphatic carbocycles. The van der Waals surface area contributed by atoms with Crippen LogP contribution in [0.2, 0.25) is 0 Å². The molecule has 5 atom stereocenters. The molecule has 2 amide bonds. The summed E-state index contributed by atoms with van der Waals surface area (Å²) in [6, 6.07) is -0.125. The second-order valence-corrected chi connectivity index (χ2v) is 10.6. The minimum atomic E-state index is -3.23. The van der Waals surface area contributed by atoms with Crippen molar-refractivity contribution in [2.45, 2.75) is 32.2 Å². The number of aliphatic imine (C=N–C) groups is 1. The van der Waals surface area contributed by atoms with E-state index in [0.29, 0.717) is 38.7 Å². The third kappa shape index (κ3) is 3.87. The Bertz CT molecular complexity index is 840. The number of allylic oxidation sites excluding steroid dienone is 2. The van der Waals surface area contributed by atoms with Crippen molar-refractivity contribution in [2.75, 3.05) is 39.0 Å². The Morgan fingerprint density at radius 3 is 2.43 bits per heavy atom. The number of carbonyl (C=O) groups excluding carboxylic acids is 2. The molecule has 9 nitrogen and oxygen atoms in total. The fourth-order valence-corrected chi connectivity index (χ4v) is 6.61. The van der Waals surface area contributed by atoms with Crippen molar-refractivity contribution in [2.24, 2.45) is 28.7 Å². The van der Waals surface area contributed by atoms with Gasteiger partial charge >= 0.3 is 0 Å². The van der Waals surface area contributed by atoms with E-state index in [9.17, 15) is 18.0 Å². The summed E-state index contributed by atoms with van der Waals surface area (Å²) in [5, 5.41) is 6.32. The summed E-state index contributed by atoms with van der Waals surface area (Å²) in [7, 11) is -3.23. The van der Waals surface area contributed by atoms with Crippen LogP contribution in [0.15, 0.2) is 17.1 Å². The molecule has 0 spiro atoms. The molecule has 30 heavy (non-hydrogen) atoms. The number of fused-ring (bicyclic) bond motifs is 5. The standard InChI is InChI=1S/C20H31N5O4S/c1-3-21-20(23-12-15-5-4-9-25(15)30(2,28)29)22-8-10-24-18(26)16-13-6-7-14(11-13)17(16)19(24)27/h6-7,13-17H,3-5,8-12H2,1-2H3,(H2,21,22,23)/t13?,14?,15-,16?,17?/m1/s1. The van der Waals surface area contributed by atoms with Gasteiger partial charge in [0.2, 0.25) is 21.8 Å². The maximum absolute atomic E-state index is 12.8. The number of rotatable bonds is 7. The lowest BCUT2D eigenvalue weighted by atomic mass is 9.85. The SMILES string of the molecule is CCNC(=NC[C@H]1CCCN1S(C)(=O)=O)NCCN1C(=O)C2C3C=CC(C3)C2C1=O. The van der Waals surface area contributed by atoms with Gasteiger partial charge in [0.15, 0.2) is 5.96 Å². The fourth-order valence-electron chi connectivity index (χ4n) is 5.44. The van der Waals surface area contributed by atoms with Crippen LogP contribution in [-0.2, 0) is 19.6 Å². The minimum Gasteiger partial charge on any atom is -0.357 e. The van der Waals surface area contributed by atoms with Crippen molar-refractivity contribution in [1.82, 2.24) is 19.8 Å². The summed E-state index contributed by atoms with van der Waals surface area (Å²) in [6.07, 6.45) is 8.00. The molecule has 2 heterocycles. The van der Waals surface area contributed by atoms with E-state index < -0.39 is 10.0 Å². The van der Waals surface area contributed by atoms with Crippen LogP contribution >= 0.6 is 0 Å². The maximum atomic E-state index is 12.8. The predicted octanol–water partition coefficient (Wildman–Crippen LogP) is -0.227. The summed E-state index contributed by atoms with van der Waals surface area (Å²) >= 11 is 0. The zero-order valence-corrected chi connectivity index (χ0v) is 18.4. The van der Waals surface area contributed by atoms with Gasteiger partial charge in [0, 0.05) is 32.2 Å². The van der Waals surface area contributed by atoms with E-state index in [-0.39, 0.29) is 41.5 Å². The third-order valence-electron chi connectivity index (χ3n) is 6.74. The first-order valence-electron chi connectivity index (χ1n) is 10.8. The largest absolute Gasteiger partial charge is 0.357 e. The molecule has 4 aliphatic rings. The molecule has 3 fully saturated rings. The smallest absolute Gasteiger partial charge is 0.233 e. The molecular formula is C20H31N5O4S. The quantitative estimate of drug-likeness (QED) is 0.246. The Hall–Kier alpha value is -1.94. The summed E-state index contributed by atoms with van der Waals surface area (Å²) in [6.45, 7) is 4.25. The highest BCUT2D eigenvalue weighted by Gasteiger charge is 2.58. The first-order chi connectivity index (χ1) is 14.3. The van der Waals surface area contributed by atoms with Gasteiger partial charge in [-0.1, -0.05) is 12.2 Å². The van der Waals surface area contributed by atoms with Crippen molar-refractivity contribution in [3.63, 3.8) is 0 Å². The Morgan fingerprint density at radius 2 is 1.83 bits per heavy atom. The Balaban J connectivity index is 1.32. The highest BCUT2D eigenvalue weighted by molar-refractivity contribution is 7.88. The average Bonchev–Trinajstić information content (AvgIpc) is 3.45. The van der Waals surface area contributed by atoms with E-state index in [1.807, 2.05) is 6.92 Å². The molecule has 2 saturated heterocycles. The van der Waals surface area contributed by atoms with Crippen LogP contribution in [0.4, 0.5) is 0 Å². The molecule has 10 heteroatoms. The minimum absolute atomic E-state index is 0.0414. The lowest BCUT2D eigenvalue weighted by Gasteiger charge is -2.21. The number of guanidine groups is 1. The van der Waals surface area contributed by atoms with Crippen molar-refractivity contribution < 1.29 is 18.0 Å². The second kappa shape index (κ2) is 8.30. The first-order valence-corrected chi connectivity index (χ1v) is 12.7. The Kier molecular flexibility index (Phi) is 5.89. The number of hydrogen-bond donors (Lipinski definition) is 2. The summed E-state index contributed by atoms with van der Waals surface area (Å²) in [5.41, 5.74) is 0. The highest BCUT2D eigenvalue weighted by atomic mass is 32.2. The number of likely N-dealkylation sites (tertiary alicyclic amines) is 1. The lowest BCUT2D eigenvalue weighted by Crippen LogP contribution is -2.44. The van der Waals surface area contributed by atoms with Gasteiger partial charge in [-0.2, -0.15) is 4.31 Å². The summed E-state index contributed by atoms with van der Waals surface area (Å²) in [5.74, 6) is 0.590. The Morgan fingerprint density at radius 1 is 1.17 bits per heavy atom. The first kappa shape index (κ1) is 21.3. The van der Waals surface area contributed by atoms with Crippen LogP contribution in [0.5, 0.6) is 0 Å². The van der Waals surface area contributed by atoms with E-state index in [2.05, 4.69) is 27.8 Å². The molecule has 2 N–H and O–H groups in total. The predicted molar refractivity (Wildman–Crippen MR) is 113 cm³/mol. The average molecular weight is 438 g/mol. The van der Waals surface area contributed by atoms with E-state index in [1.54, 1.807) is 0 Å². The maximum Gasteiger partial charge on any atom is 0.233 e. The topological polar surface area (TPSA) is 111 Å². The summed E-state index contributed by atoms with van der Waals surface area (Å²) < 4.78 is 25.3. The number of sulfonamides is 1. The van der Waals surface area contributed by atoms with Crippen molar-refractivity contribution in [3.05, 3.63) is 12.2 Å². The van der Waals surface area contributed by atoms with Crippen molar-refractivity contribution in [3.8, 4) is 0 Å². The lowest BCUT2D eigenvalue weighted by molar-refractivity contribution is -0.140. The number of hydrogen-bond acceptors (Lipinski definition) is 5. The molecule has 4 rings (SSSR count). The number of nitrogens with zero attached hydrogens (tertiary/aromatic N) is 3. The molecule has 4 unspecified atom stereocenters. The second-order valence-electron chi connectivity index (χ2n) is 8.64. The van der Waals surface area contributed by atoms with Gasteiger partial charge in [-0.25, -0.2) is 8.42 Å². The van der Waals surface area contributed by atoms with Crippen LogP contribution in [0.3, 0.4) is 0 Å². The van der Waals surface area contributed by atoms with Gasteiger partial charge in [0.05, 0.1) is 24.6 Å². The van der Waals surface area contributed by atoms with E-state index in [0.717, 1.165) is 19.3 Å². The number of nitrogens with one attached hydrogen (secondary N) is 2. The number of carbonyl (C=O) groups is 2. The van der Waals surface area contributed by atoms with E-state index in [4.69, 9.17) is 0 Å². The molecule has 0 aromatic rings. The van der Waals surface area contributed by atoms with Crippen LogP contribution in [0.1, 0.15) is 26.2 Å². The zero-order chi connectivity index (χ0) is 21.5. The third-order valence-corrected chi connectivity index (χ3v) is 8.08. The van der Waals surface area contributed by atoms with Crippen LogP contribution in [0.25, 0.3) is 0 Å². The number of imide groups is 1. The van der Waals surface area contributed by atoms with Gasteiger partial charge in [-0.15, -0.1) is 0 Å². The van der Waals surface area contributed by atoms with Crippen LogP contribution in [0, 0.1) is 23.7 Å². The van der Waals surface area contributed by atoms with Gasteiger partial charge in [0.1, 0.15) is 0 Å². The fraction of sp³-hybridized carbons (Fsp3) is 0.750. The van der Waals surface area contributed by atoms with Crippen molar-refractivity contribution in [1.29, 1.82) is 0 Å². The number of amides is 2.